The van der Waals surface area contributed by atoms with Gasteiger partial charge in [0.25, 0.3) is 0 Å². The van der Waals surface area contributed by atoms with Crippen molar-refractivity contribution in [1.29, 1.82) is 0 Å². The Morgan fingerprint density at radius 2 is 2.00 bits per heavy atom. The number of hydrogen-bond donors (Lipinski definition) is 0. The third-order valence-electron chi connectivity index (χ3n) is 1.86. The van der Waals surface area contributed by atoms with Crippen LogP contribution in [0, 0.1) is 6.92 Å². The van der Waals surface area contributed by atoms with Crippen LogP contribution in [0.25, 0.3) is 11.4 Å². The fraction of sp³-hybridized carbons (Fsp3) is 0.222. The second-order valence-electron chi connectivity index (χ2n) is 2.93. The molecule has 0 fully saturated rings. The van der Waals surface area contributed by atoms with Crippen molar-refractivity contribution < 1.29 is 0 Å². The van der Waals surface area contributed by atoms with Crippen LogP contribution in [0.5, 0.6) is 0 Å². The number of imidazole rings is 1. The molecule has 0 aliphatic heterocycles. The Hall–Kier alpha value is -1.71. The monoisotopic (exact) mass is 174 g/mol. The molecule has 4 heteroatoms. The van der Waals surface area contributed by atoms with Gasteiger partial charge in [0.2, 0.25) is 0 Å². The molecule has 0 unspecified atom stereocenters. The lowest BCUT2D eigenvalue weighted by Gasteiger charge is -2.00. The molecule has 0 bridgehead atoms. The predicted molar refractivity (Wildman–Crippen MR) is 49.0 cm³/mol. The Balaban J connectivity index is 2.47. The predicted octanol–water partition coefficient (Wildman–Crippen LogP) is 1.19. The van der Waals surface area contributed by atoms with Crippen molar-refractivity contribution in [3.05, 3.63) is 30.6 Å². The Labute approximate surface area is 76.3 Å². The van der Waals surface area contributed by atoms with E-state index in [-0.39, 0.29) is 0 Å². The standard InChI is InChI=1S/C9H10N4/c1-7-3-12-8(4-11-7)9-5-10-6-13(9)2/h3-6H,1-2H3. The summed E-state index contributed by atoms with van der Waals surface area (Å²) in [5.74, 6) is 0. The number of hydrogen-bond acceptors (Lipinski definition) is 3. The minimum atomic E-state index is 0.852. The first-order valence-corrected chi connectivity index (χ1v) is 4.03. The molecule has 0 saturated heterocycles. The summed E-state index contributed by atoms with van der Waals surface area (Å²) < 4.78 is 1.92. The van der Waals surface area contributed by atoms with Crippen molar-refractivity contribution in [2.45, 2.75) is 6.92 Å². The van der Waals surface area contributed by atoms with E-state index >= 15 is 0 Å². The first-order chi connectivity index (χ1) is 6.27. The van der Waals surface area contributed by atoms with Gasteiger partial charge in [-0.05, 0) is 6.92 Å². The zero-order valence-corrected chi connectivity index (χ0v) is 7.60. The smallest absolute Gasteiger partial charge is 0.107 e. The second kappa shape index (κ2) is 2.97. The van der Waals surface area contributed by atoms with Gasteiger partial charge in [-0.1, -0.05) is 0 Å². The normalized spacial score (nSPS) is 10.3. The summed E-state index contributed by atoms with van der Waals surface area (Å²) in [6.07, 6.45) is 7.03. The molecule has 0 radical (unpaired) electrons. The average molecular weight is 174 g/mol. The molecule has 66 valence electrons. The molecule has 0 N–H and O–H groups in total. The van der Waals surface area contributed by atoms with E-state index in [0.29, 0.717) is 0 Å². The van der Waals surface area contributed by atoms with Gasteiger partial charge in [0, 0.05) is 13.2 Å². The number of rotatable bonds is 1. The summed E-state index contributed by atoms with van der Waals surface area (Å²) >= 11 is 0. The molecule has 0 spiro atoms. The summed E-state index contributed by atoms with van der Waals surface area (Å²) in [7, 11) is 1.93. The lowest BCUT2D eigenvalue weighted by atomic mass is 10.3. The Morgan fingerprint density at radius 3 is 2.54 bits per heavy atom. The fourth-order valence-corrected chi connectivity index (χ4v) is 1.13. The molecule has 13 heavy (non-hydrogen) atoms. The molecular weight excluding hydrogens is 164 g/mol. The highest BCUT2D eigenvalue weighted by Crippen LogP contribution is 2.13. The lowest BCUT2D eigenvalue weighted by molar-refractivity contribution is 0.913. The summed E-state index contributed by atoms with van der Waals surface area (Å²) in [5.41, 5.74) is 2.75. The van der Waals surface area contributed by atoms with Gasteiger partial charge in [0.1, 0.15) is 5.69 Å². The van der Waals surface area contributed by atoms with Crippen molar-refractivity contribution in [1.82, 2.24) is 19.5 Å². The third kappa shape index (κ3) is 1.42. The van der Waals surface area contributed by atoms with E-state index in [2.05, 4.69) is 15.0 Å². The molecular formula is C9H10N4. The molecule has 2 rings (SSSR count). The maximum absolute atomic E-state index is 4.26. The van der Waals surface area contributed by atoms with Crippen LogP contribution in [0.15, 0.2) is 24.9 Å². The molecule has 0 aromatic carbocycles. The van der Waals surface area contributed by atoms with E-state index in [1.54, 1.807) is 24.9 Å². The number of aryl methyl sites for hydroxylation is 2. The second-order valence-corrected chi connectivity index (χ2v) is 2.93. The quantitative estimate of drug-likeness (QED) is 0.652. The van der Waals surface area contributed by atoms with Crippen molar-refractivity contribution in [2.24, 2.45) is 7.05 Å². The minimum absolute atomic E-state index is 0.852. The van der Waals surface area contributed by atoms with Crippen LogP contribution in [-0.4, -0.2) is 19.5 Å². The lowest BCUT2D eigenvalue weighted by Crippen LogP contribution is -1.93. The largest absolute Gasteiger partial charge is 0.332 e. The van der Waals surface area contributed by atoms with E-state index in [4.69, 9.17) is 0 Å². The molecule has 0 saturated carbocycles. The van der Waals surface area contributed by atoms with Crippen molar-refractivity contribution >= 4 is 0 Å². The summed E-state index contributed by atoms with van der Waals surface area (Å²) in [5, 5.41) is 0. The van der Waals surface area contributed by atoms with E-state index < -0.39 is 0 Å². The van der Waals surface area contributed by atoms with Crippen LogP contribution in [0.3, 0.4) is 0 Å². The van der Waals surface area contributed by atoms with Crippen LogP contribution >= 0.6 is 0 Å². The van der Waals surface area contributed by atoms with Crippen molar-refractivity contribution in [2.75, 3.05) is 0 Å². The van der Waals surface area contributed by atoms with E-state index in [1.807, 2.05) is 18.5 Å². The Morgan fingerprint density at radius 1 is 1.15 bits per heavy atom. The van der Waals surface area contributed by atoms with E-state index in [1.165, 1.54) is 0 Å². The molecule has 0 aliphatic rings. The fourth-order valence-electron chi connectivity index (χ4n) is 1.13. The van der Waals surface area contributed by atoms with Crippen molar-refractivity contribution in [3.63, 3.8) is 0 Å². The van der Waals surface area contributed by atoms with Gasteiger partial charge < -0.3 is 4.57 Å². The first-order valence-electron chi connectivity index (χ1n) is 4.03. The molecule has 2 aromatic rings. The van der Waals surface area contributed by atoms with Gasteiger partial charge >= 0.3 is 0 Å². The minimum Gasteiger partial charge on any atom is -0.332 e. The van der Waals surface area contributed by atoms with Crippen LogP contribution < -0.4 is 0 Å². The highest BCUT2D eigenvalue weighted by atomic mass is 15.0. The Kier molecular flexibility index (Phi) is 1.81. The zero-order valence-electron chi connectivity index (χ0n) is 7.60. The van der Waals surface area contributed by atoms with Gasteiger partial charge in [-0.2, -0.15) is 0 Å². The Bertz CT molecular complexity index is 402. The third-order valence-corrected chi connectivity index (χ3v) is 1.86. The van der Waals surface area contributed by atoms with Gasteiger partial charge in [-0.3, -0.25) is 9.97 Å². The van der Waals surface area contributed by atoms with Crippen LogP contribution in [0.1, 0.15) is 5.69 Å². The summed E-state index contributed by atoms with van der Waals surface area (Å²) in [6, 6.07) is 0. The maximum atomic E-state index is 4.26. The number of aromatic nitrogens is 4. The molecule has 0 aliphatic carbocycles. The molecule has 4 nitrogen and oxygen atoms in total. The SMILES string of the molecule is Cc1cnc(-c2cncn2C)cn1. The van der Waals surface area contributed by atoms with Crippen LogP contribution in [-0.2, 0) is 7.05 Å². The van der Waals surface area contributed by atoms with Gasteiger partial charge in [-0.25, -0.2) is 4.98 Å². The summed E-state index contributed by atoms with van der Waals surface area (Å²) in [4.78, 5) is 12.4. The summed E-state index contributed by atoms with van der Waals surface area (Å²) in [6.45, 7) is 1.92. The zero-order chi connectivity index (χ0) is 9.26. The van der Waals surface area contributed by atoms with Gasteiger partial charge in [0.15, 0.2) is 0 Å². The molecule has 2 aromatic heterocycles. The van der Waals surface area contributed by atoms with Gasteiger partial charge in [0.05, 0.1) is 30.1 Å². The molecule has 0 amide bonds. The average Bonchev–Trinajstić information content (AvgIpc) is 2.53. The van der Waals surface area contributed by atoms with Gasteiger partial charge in [-0.15, -0.1) is 0 Å². The van der Waals surface area contributed by atoms with Crippen LogP contribution in [0.4, 0.5) is 0 Å². The maximum Gasteiger partial charge on any atom is 0.107 e. The van der Waals surface area contributed by atoms with E-state index in [9.17, 15) is 0 Å². The number of nitrogens with zero attached hydrogens (tertiary/aromatic N) is 4. The first kappa shape index (κ1) is 7.91. The van der Waals surface area contributed by atoms with E-state index in [0.717, 1.165) is 17.1 Å². The molecule has 2 heterocycles. The highest BCUT2D eigenvalue weighted by molar-refractivity contribution is 5.51. The highest BCUT2D eigenvalue weighted by Gasteiger charge is 2.02. The molecule has 0 atom stereocenters. The van der Waals surface area contributed by atoms with Crippen molar-refractivity contribution in [3.8, 4) is 11.4 Å². The topological polar surface area (TPSA) is 43.6 Å². The van der Waals surface area contributed by atoms with Crippen LogP contribution in [0.2, 0.25) is 0 Å².